The highest BCUT2D eigenvalue weighted by atomic mass is 32.2. The highest BCUT2D eigenvalue weighted by molar-refractivity contribution is 7.98. The first kappa shape index (κ1) is 18.5. The number of nitrogens with zero attached hydrogens (tertiary/aromatic N) is 3. The topological polar surface area (TPSA) is 39.9 Å². The zero-order chi connectivity index (χ0) is 18.7. The second-order valence-electron chi connectivity index (χ2n) is 6.28. The molecule has 3 aromatic rings. The molecule has 1 heterocycles. The average Bonchev–Trinajstić information content (AvgIpc) is 2.98. The molecule has 0 saturated heterocycles. The number of halogens is 1. The predicted octanol–water partition coefficient (Wildman–Crippen LogP) is 5.00. The van der Waals surface area contributed by atoms with Crippen LogP contribution in [-0.4, -0.2) is 14.8 Å². The van der Waals surface area contributed by atoms with Crippen LogP contribution in [-0.2, 0) is 12.8 Å². The molecule has 136 valence electrons. The molecule has 0 N–H and O–H groups in total. The van der Waals surface area contributed by atoms with Crippen LogP contribution in [0.2, 0.25) is 0 Å². The maximum atomic E-state index is 13.3. The average molecular weight is 371 g/mol. The summed E-state index contributed by atoms with van der Waals surface area (Å²) in [6, 6.07) is 12.6. The second-order valence-corrected chi connectivity index (χ2v) is 7.22. The van der Waals surface area contributed by atoms with E-state index in [2.05, 4.69) is 23.2 Å². The summed E-state index contributed by atoms with van der Waals surface area (Å²) in [5.74, 6) is 2.02. The molecule has 26 heavy (non-hydrogen) atoms. The zero-order valence-corrected chi connectivity index (χ0v) is 16.2. The highest BCUT2D eigenvalue weighted by Crippen LogP contribution is 2.28. The molecule has 0 amide bonds. The van der Waals surface area contributed by atoms with Crippen LogP contribution < -0.4 is 4.74 Å². The molecular formula is C20H22FN3OS. The zero-order valence-electron chi connectivity index (χ0n) is 15.4. The summed E-state index contributed by atoms with van der Waals surface area (Å²) in [5, 5.41) is 9.32. The number of hydrogen-bond donors (Lipinski definition) is 0. The SMILES string of the molecule is Cc1cccc(OC(C)c2nnc(SCc3cccc(F)c3)n2C)c1C. The van der Waals surface area contributed by atoms with Crippen molar-refractivity contribution < 1.29 is 9.13 Å². The molecule has 1 atom stereocenters. The fraction of sp³-hybridized carbons (Fsp3) is 0.300. The van der Waals surface area contributed by atoms with E-state index in [1.165, 1.54) is 29.5 Å². The third-order valence-corrected chi connectivity index (χ3v) is 5.44. The second kappa shape index (κ2) is 7.91. The van der Waals surface area contributed by atoms with E-state index < -0.39 is 0 Å². The van der Waals surface area contributed by atoms with Crippen molar-refractivity contribution in [2.45, 2.75) is 37.8 Å². The van der Waals surface area contributed by atoms with Gasteiger partial charge in [0.2, 0.25) is 0 Å². The van der Waals surface area contributed by atoms with Crippen LogP contribution >= 0.6 is 11.8 Å². The van der Waals surface area contributed by atoms with Crippen molar-refractivity contribution in [2.24, 2.45) is 7.05 Å². The Balaban J connectivity index is 1.70. The van der Waals surface area contributed by atoms with Gasteiger partial charge in [-0.3, -0.25) is 0 Å². The monoisotopic (exact) mass is 371 g/mol. The molecule has 6 heteroatoms. The van der Waals surface area contributed by atoms with Crippen molar-refractivity contribution in [3.63, 3.8) is 0 Å². The summed E-state index contributed by atoms with van der Waals surface area (Å²) in [5.41, 5.74) is 3.24. The van der Waals surface area contributed by atoms with Crippen LogP contribution in [0.15, 0.2) is 47.6 Å². The number of aromatic nitrogens is 3. The van der Waals surface area contributed by atoms with E-state index in [4.69, 9.17) is 4.74 Å². The number of ether oxygens (including phenoxy) is 1. The fourth-order valence-electron chi connectivity index (χ4n) is 2.68. The molecule has 0 radical (unpaired) electrons. The van der Waals surface area contributed by atoms with E-state index >= 15 is 0 Å². The van der Waals surface area contributed by atoms with E-state index in [1.54, 1.807) is 6.07 Å². The lowest BCUT2D eigenvalue weighted by Gasteiger charge is -2.16. The van der Waals surface area contributed by atoms with E-state index in [0.29, 0.717) is 5.75 Å². The highest BCUT2D eigenvalue weighted by Gasteiger charge is 2.18. The van der Waals surface area contributed by atoms with E-state index in [0.717, 1.165) is 27.9 Å². The molecule has 4 nitrogen and oxygen atoms in total. The Hall–Kier alpha value is -2.34. The lowest BCUT2D eigenvalue weighted by molar-refractivity contribution is 0.210. The van der Waals surface area contributed by atoms with Crippen molar-refractivity contribution in [2.75, 3.05) is 0 Å². The van der Waals surface area contributed by atoms with Crippen LogP contribution in [0.4, 0.5) is 4.39 Å². The number of aryl methyl sites for hydroxylation is 1. The van der Waals surface area contributed by atoms with Crippen LogP contribution in [0.3, 0.4) is 0 Å². The standard InChI is InChI=1S/C20H22FN3OS/c1-13-7-5-10-18(14(13)2)25-15(3)19-22-23-20(24(19)4)26-12-16-8-6-9-17(21)11-16/h5-11,15H,12H2,1-4H3. The van der Waals surface area contributed by atoms with Gasteiger partial charge in [-0.25, -0.2) is 4.39 Å². The lowest BCUT2D eigenvalue weighted by Crippen LogP contribution is -2.10. The first-order valence-electron chi connectivity index (χ1n) is 8.45. The predicted molar refractivity (Wildman–Crippen MR) is 102 cm³/mol. The molecule has 2 aromatic carbocycles. The number of rotatable bonds is 6. The van der Waals surface area contributed by atoms with Gasteiger partial charge in [0.15, 0.2) is 17.1 Å². The largest absolute Gasteiger partial charge is 0.482 e. The normalized spacial score (nSPS) is 12.2. The van der Waals surface area contributed by atoms with Crippen molar-refractivity contribution in [3.05, 3.63) is 70.8 Å². The minimum Gasteiger partial charge on any atom is -0.482 e. The minimum atomic E-state index is -0.225. The molecule has 1 aromatic heterocycles. The summed E-state index contributed by atoms with van der Waals surface area (Å²) in [4.78, 5) is 0. The molecule has 0 aliphatic rings. The van der Waals surface area contributed by atoms with Crippen molar-refractivity contribution in [3.8, 4) is 5.75 Å². The molecule has 0 spiro atoms. The van der Waals surface area contributed by atoms with Crippen LogP contribution in [0, 0.1) is 19.7 Å². The summed E-state index contributed by atoms with van der Waals surface area (Å²) < 4.78 is 21.3. The Kier molecular flexibility index (Phi) is 5.61. The third kappa shape index (κ3) is 4.07. The van der Waals surface area contributed by atoms with E-state index in [9.17, 15) is 4.39 Å². The van der Waals surface area contributed by atoms with Gasteiger partial charge in [0, 0.05) is 12.8 Å². The van der Waals surface area contributed by atoms with Gasteiger partial charge in [-0.15, -0.1) is 10.2 Å². The van der Waals surface area contributed by atoms with E-state index in [-0.39, 0.29) is 11.9 Å². The van der Waals surface area contributed by atoms with Gasteiger partial charge in [-0.2, -0.15) is 0 Å². The molecule has 1 unspecified atom stereocenters. The molecule has 0 saturated carbocycles. The van der Waals surface area contributed by atoms with Crippen LogP contribution in [0.5, 0.6) is 5.75 Å². The van der Waals surface area contributed by atoms with Gasteiger partial charge in [0.1, 0.15) is 11.6 Å². The minimum absolute atomic E-state index is 0.225. The summed E-state index contributed by atoms with van der Waals surface area (Å²) in [7, 11) is 1.92. The maximum Gasteiger partial charge on any atom is 0.191 e. The van der Waals surface area contributed by atoms with Gasteiger partial charge >= 0.3 is 0 Å². The Bertz CT molecular complexity index is 910. The molecule has 0 bridgehead atoms. The van der Waals surface area contributed by atoms with E-state index in [1.807, 2.05) is 43.7 Å². The van der Waals surface area contributed by atoms with Crippen molar-refractivity contribution >= 4 is 11.8 Å². The number of benzene rings is 2. The molecule has 0 aliphatic carbocycles. The molecular weight excluding hydrogens is 349 g/mol. The van der Waals surface area contributed by atoms with Gasteiger partial charge in [-0.05, 0) is 55.7 Å². The Morgan fingerprint density at radius 2 is 1.92 bits per heavy atom. The molecule has 0 fully saturated rings. The Morgan fingerprint density at radius 3 is 2.69 bits per heavy atom. The smallest absolute Gasteiger partial charge is 0.191 e. The van der Waals surface area contributed by atoms with Crippen molar-refractivity contribution in [1.29, 1.82) is 0 Å². The molecule has 0 aliphatic heterocycles. The maximum absolute atomic E-state index is 13.3. The van der Waals surface area contributed by atoms with Gasteiger partial charge in [0.25, 0.3) is 0 Å². The van der Waals surface area contributed by atoms with Crippen LogP contribution in [0.1, 0.15) is 35.5 Å². The van der Waals surface area contributed by atoms with Crippen LogP contribution in [0.25, 0.3) is 0 Å². The first-order chi connectivity index (χ1) is 12.5. The number of hydrogen-bond acceptors (Lipinski definition) is 4. The van der Waals surface area contributed by atoms with Crippen molar-refractivity contribution in [1.82, 2.24) is 14.8 Å². The number of thioether (sulfide) groups is 1. The summed E-state index contributed by atoms with van der Waals surface area (Å²) in [6.45, 7) is 6.08. The summed E-state index contributed by atoms with van der Waals surface area (Å²) in [6.07, 6.45) is -0.225. The van der Waals surface area contributed by atoms with Gasteiger partial charge < -0.3 is 9.30 Å². The summed E-state index contributed by atoms with van der Waals surface area (Å²) >= 11 is 1.53. The van der Waals surface area contributed by atoms with Gasteiger partial charge in [0.05, 0.1) is 0 Å². The van der Waals surface area contributed by atoms with Gasteiger partial charge in [-0.1, -0.05) is 36.0 Å². The Morgan fingerprint density at radius 1 is 1.15 bits per heavy atom. The molecule has 3 rings (SSSR count). The lowest BCUT2D eigenvalue weighted by atomic mass is 10.1. The first-order valence-corrected chi connectivity index (χ1v) is 9.43. The quantitative estimate of drug-likeness (QED) is 0.572. The third-order valence-electron chi connectivity index (χ3n) is 4.35. The fourth-order valence-corrected chi connectivity index (χ4v) is 3.54. The Labute approximate surface area is 157 Å².